The molecule has 0 aromatic heterocycles. The number of fused-ring (bicyclic) bond motifs is 3. The molecule has 84 valence electrons. The number of Topliss-reactive ketones (excluding diaryl/α,β-unsaturated/α-hetero) is 1. The van der Waals surface area contributed by atoms with Crippen LogP contribution in [0.2, 0.25) is 0 Å². The summed E-state index contributed by atoms with van der Waals surface area (Å²) in [6.45, 7) is 2.24. The van der Waals surface area contributed by atoms with Crippen LogP contribution in [0.25, 0.3) is 0 Å². The first-order valence-electron chi connectivity index (χ1n) is 6.06. The standard InChI is InChI=1S/C14H17NO/c1-15-7-6-10-8-14(16)12-5-3-2-4-11(12)13(10)9-15/h2-5,10,13H,6-9H2,1H3/t10-,13-/m0/s1. The van der Waals surface area contributed by atoms with Gasteiger partial charge in [0.15, 0.2) is 5.78 Å². The second-order valence-electron chi connectivity index (χ2n) is 5.13. The molecular formula is C14H17NO. The number of carbonyl (C=O) groups excluding carboxylic acids is 1. The minimum atomic E-state index is 0.349. The van der Waals surface area contributed by atoms with E-state index in [1.165, 1.54) is 12.0 Å². The Morgan fingerprint density at radius 3 is 3.00 bits per heavy atom. The fourth-order valence-electron chi connectivity index (χ4n) is 3.18. The minimum Gasteiger partial charge on any atom is -0.306 e. The third-order valence-electron chi connectivity index (χ3n) is 4.07. The Bertz CT molecular complexity index is 426. The molecule has 0 saturated carbocycles. The third kappa shape index (κ3) is 1.49. The van der Waals surface area contributed by atoms with E-state index < -0.39 is 0 Å². The van der Waals surface area contributed by atoms with Crippen molar-refractivity contribution in [3.63, 3.8) is 0 Å². The molecule has 0 amide bonds. The molecule has 0 N–H and O–H groups in total. The van der Waals surface area contributed by atoms with Gasteiger partial charge in [0.2, 0.25) is 0 Å². The van der Waals surface area contributed by atoms with Crippen molar-refractivity contribution in [1.82, 2.24) is 4.90 Å². The van der Waals surface area contributed by atoms with E-state index in [2.05, 4.69) is 24.1 Å². The van der Waals surface area contributed by atoms with Crippen molar-refractivity contribution >= 4 is 5.78 Å². The van der Waals surface area contributed by atoms with Crippen LogP contribution >= 0.6 is 0 Å². The topological polar surface area (TPSA) is 20.3 Å². The van der Waals surface area contributed by atoms with Crippen molar-refractivity contribution in [3.05, 3.63) is 35.4 Å². The lowest BCUT2D eigenvalue weighted by molar-refractivity contribution is 0.0887. The predicted molar refractivity (Wildman–Crippen MR) is 63.7 cm³/mol. The van der Waals surface area contributed by atoms with Gasteiger partial charge in [0.05, 0.1) is 0 Å². The molecule has 1 aliphatic heterocycles. The van der Waals surface area contributed by atoms with Crippen LogP contribution in [0.3, 0.4) is 0 Å². The molecule has 2 heteroatoms. The molecule has 0 unspecified atom stereocenters. The Morgan fingerprint density at radius 1 is 1.31 bits per heavy atom. The zero-order valence-corrected chi connectivity index (χ0v) is 9.65. The summed E-state index contributed by atoms with van der Waals surface area (Å²) in [5, 5.41) is 0. The second kappa shape index (κ2) is 3.70. The number of hydrogen-bond acceptors (Lipinski definition) is 2. The fourth-order valence-corrected chi connectivity index (χ4v) is 3.18. The molecule has 1 heterocycles. The van der Waals surface area contributed by atoms with Crippen LogP contribution in [0.4, 0.5) is 0 Å². The number of likely N-dealkylation sites (tertiary alicyclic amines) is 1. The fraction of sp³-hybridized carbons (Fsp3) is 0.500. The van der Waals surface area contributed by atoms with Gasteiger partial charge < -0.3 is 4.90 Å². The molecule has 1 saturated heterocycles. The Hall–Kier alpha value is -1.15. The molecule has 1 fully saturated rings. The summed E-state index contributed by atoms with van der Waals surface area (Å²) >= 11 is 0. The molecule has 0 spiro atoms. The monoisotopic (exact) mass is 215 g/mol. The summed E-state index contributed by atoms with van der Waals surface area (Å²) in [5.74, 6) is 1.51. The lowest BCUT2D eigenvalue weighted by atomic mass is 9.71. The van der Waals surface area contributed by atoms with E-state index in [4.69, 9.17) is 0 Å². The van der Waals surface area contributed by atoms with Gasteiger partial charge in [-0.15, -0.1) is 0 Å². The highest BCUT2D eigenvalue weighted by Gasteiger charge is 2.36. The summed E-state index contributed by atoms with van der Waals surface area (Å²) < 4.78 is 0. The summed E-state index contributed by atoms with van der Waals surface area (Å²) in [4.78, 5) is 14.4. The number of rotatable bonds is 0. The van der Waals surface area contributed by atoms with Gasteiger partial charge >= 0.3 is 0 Å². The average Bonchev–Trinajstić information content (AvgIpc) is 2.31. The Morgan fingerprint density at radius 2 is 2.12 bits per heavy atom. The maximum absolute atomic E-state index is 12.0. The largest absolute Gasteiger partial charge is 0.306 e. The van der Waals surface area contributed by atoms with E-state index in [0.29, 0.717) is 17.6 Å². The van der Waals surface area contributed by atoms with Crippen molar-refractivity contribution < 1.29 is 4.79 Å². The summed E-state index contributed by atoms with van der Waals surface area (Å²) in [7, 11) is 2.18. The van der Waals surface area contributed by atoms with Gasteiger partial charge in [0, 0.05) is 24.4 Å². The first-order valence-corrected chi connectivity index (χ1v) is 6.06. The van der Waals surface area contributed by atoms with E-state index in [9.17, 15) is 4.79 Å². The summed E-state index contributed by atoms with van der Waals surface area (Å²) in [6.07, 6.45) is 1.93. The molecule has 16 heavy (non-hydrogen) atoms. The van der Waals surface area contributed by atoms with Crippen LogP contribution in [0.1, 0.15) is 34.7 Å². The van der Waals surface area contributed by atoms with E-state index in [1.807, 2.05) is 12.1 Å². The normalized spacial score (nSPS) is 29.7. The zero-order chi connectivity index (χ0) is 11.1. The Balaban J connectivity index is 2.04. The molecule has 1 aliphatic carbocycles. The first-order chi connectivity index (χ1) is 7.75. The third-order valence-corrected chi connectivity index (χ3v) is 4.07. The van der Waals surface area contributed by atoms with E-state index in [-0.39, 0.29) is 0 Å². The van der Waals surface area contributed by atoms with Crippen molar-refractivity contribution in [2.24, 2.45) is 5.92 Å². The highest BCUT2D eigenvalue weighted by atomic mass is 16.1. The zero-order valence-electron chi connectivity index (χ0n) is 9.65. The lowest BCUT2D eigenvalue weighted by Gasteiger charge is -2.40. The average molecular weight is 215 g/mol. The van der Waals surface area contributed by atoms with Crippen LogP contribution in [0.5, 0.6) is 0 Å². The van der Waals surface area contributed by atoms with E-state index in [1.54, 1.807) is 0 Å². The molecule has 1 aromatic carbocycles. The number of nitrogens with zero attached hydrogens (tertiary/aromatic N) is 1. The van der Waals surface area contributed by atoms with Crippen LogP contribution in [-0.2, 0) is 0 Å². The van der Waals surface area contributed by atoms with Gasteiger partial charge in [0.25, 0.3) is 0 Å². The van der Waals surface area contributed by atoms with Crippen molar-refractivity contribution in [1.29, 1.82) is 0 Å². The number of ketones is 1. The van der Waals surface area contributed by atoms with Gasteiger partial charge in [-0.3, -0.25) is 4.79 Å². The minimum absolute atomic E-state index is 0.349. The summed E-state index contributed by atoms with van der Waals surface area (Å²) in [6, 6.07) is 8.17. The highest BCUT2D eigenvalue weighted by molar-refractivity contribution is 5.99. The number of hydrogen-bond donors (Lipinski definition) is 0. The molecule has 2 atom stereocenters. The summed E-state index contributed by atoms with van der Waals surface area (Å²) in [5.41, 5.74) is 2.26. The smallest absolute Gasteiger partial charge is 0.163 e. The van der Waals surface area contributed by atoms with Gasteiger partial charge in [-0.25, -0.2) is 0 Å². The van der Waals surface area contributed by atoms with Gasteiger partial charge in [-0.1, -0.05) is 24.3 Å². The molecule has 0 bridgehead atoms. The Labute approximate surface area is 96.3 Å². The van der Waals surface area contributed by atoms with Crippen LogP contribution in [0.15, 0.2) is 24.3 Å². The molecule has 1 aromatic rings. The van der Waals surface area contributed by atoms with Crippen molar-refractivity contribution in [3.8, 4) is 0 Å². The van der Waals surface area contributed by atoms with Crippen LogP contribution < -0.4 is 0 Å². The van der Waals surface area contributed by atoms with Crippen molar-refractivity contribution in [2.75, 3.05) is 20.1 Å². The molecule has 3 rings (SSSR count). The molecule has 2 aliphatic rings. The maximum atomic E-state index is 12.0. The number of carbonyl (C=O) groups is 1. The van der Waals surface area contributed by atoms with Crippen molar-refractivity contribution in [2.45, 2.75) is 18.8 Å². The Kier molecular flexibility index (Phi) is 2.32. The van der Waals surface area contributed by atoms with Gasteiger partial charge in [-0.2, -0.15) is 0 Å². The second-order valence-corrected chi connectivity index (χ2v) is 5.13. The highest BCUT2D eigenvalue weighted by Crippen LogP contribution is 2.40. The lowest BCUT2D eigenvalue weighted by Crippen LogP contribution is -2.40. The predicted octanol–water partition coefficient (Wildman–Crippen LogP) is 2.31. The SMILES string of the molecule is CN1CC[C@H]2CC(=O)c3ccccc3[C@H]2C1. The number of likely N-dealkylation sites (N-methyl/N-ethyl adjacent to an activating group) is 1. The molecule has 2 nitrogen and oxygen atoms in total. The first kappa shape index (κ1) is 10.0. The number of piperidine rings is 1. The van der Waals surface area contributed by atoms with Gasteiger partial charge in [0.1, 0.15) is 0 Å². The van der Waals surface area contributed by atoms with Gasteiger partial charge in [-0.05, 0) is 31.5 Å². The van der Waals surface area contributed by atoms with Crippen LogP contribution in [-0.4, -0.2) is 30.8 Å². The quantitative estimate of drug-likeness (QED) is 0.662. The molecule has 0 radical (unpaired) electrons. The van der Waals surface area contributed by atoms with Crippen LogP contribution in [0, 0.1) is 5.92 Å². The number of benzene rings is 1. The molecular weight excluding hydrogens is 198 g/mol. The van der Waals surface area contributed by atoms with E-state index in [0.717, 1.165) is 25.1 Å². The van der Waals surface area contributed by atoms with E-state index >= 15 is 0 Å². The maximum Gasteiger partial charge on any atom is 0.163 e.